The maximum Gasteiger partial charge on any atom is 0.339 e. The molecule has 1 fully saturated rings. The average molecular weight is 472 g/mol. The number of amidine groups is 1. The Balaban J connectivity index is 1.40. The van der Waals surface area contributed by atoms with Crippen molar-refractivity contribution in [2.45, 2.75) is 11.8 Å². The van der Waals surface area contributed by atoms with Crippen LogP contribution in [0.15, 0.2) is 69.4 Å². The van der Waals surface area contributed by atoms with Gasteiger partial charge in [0.05, 0.1) is 4.91 Å². The van der Waals surface area contributed by atoms with Crippen LogP contribution in [-0.2, 0) is 19.7 Å². The molecular formula is C22H21N3O5S2. The van der Waals surface area contributed by atoms with E-state index in [1.165, 1.54) is 23.9 Å². The Bertz CT molecular complexity index is 1180. The second-order valence-corrected chi connectivity index (χ2v) is 9.78. The van der Waals surface area contributed by atoms with Crippen LogP contribution in [0.3, 0.4) is 0 Å². The van der Waals surface area contributed by atoms with Gasteiger partial charge in [0.2, 0.25) is 5.91 Å². The normalized spacial score (nSPS) is 18.1. The van der Waals surface area contributed by atoms with Gasteiger partial charge in [-0.2, -0.15) is 13.4 Å². The quantitative estimate of drug-likeness (QED) is 0.499. The Hall–Kier alpha value is -3.11. The molecule has 2 heterocycles. The summed E-state index contributed by atoms with van der Waals surface area (Å²) in [7, 11) is -3.91. The molecule has 0 saturated carbocycles. The van der Waals surface area contributed by atoms with Crippen molar-refractivity contribution in [1.82, 2.24) is 9.80 Å². The maximum absolute atomic E-state index is 12.3. The van der Waals surface area contributed by atoms with Gasteiger partial charge >= 0.3 is 10.1 Å². The van der Waals surface area contributed by atoms with Crippen molar-refractivity contribution >= 4 is 44.9 Å². The van der Waals surface area contributed by atoms with Gasteiger partial charge in [-0.3, -0.25) is 9.59 Å². The Morgan fingerprint density at radius 3 is 2.31 bits per heavy atom. The molecule has 0 aromatic heterocycles. The molecule has 10 heteroatoms. The molecule has 0 aliphatic carbocycles. The van der Waals surface area contributed by atoms with Gasteiger partial charge in [-0.15, -0.1) is 0 Å². The molecule has 0 bridgehead atoms. The SMILES string of the molecule is CC(=O)N1CCN(C2=NC(=O)/C(=C\c3ccc(OS(=O)(=O)c4ccccc4)cc3)S2)CC1. The molecule has 0 N–H and O–H groups in total. The zero-order valence-electron chi connectivity index (χ0n) is 17.3. The predicted molar refractivity (Wildman–Crippen MR) is 123 cm³/mol. The number of piperazine rings is 1. The molecule has 0 spiro atoms. The molecule has 2 amide bonds. The third-order valence-corrected chi connectivity index (χ3v) is 7.33. The van der Waals surface area contributed by atoms with Gasteiger partial charge in [0.1, 0.15) is 10.6 Å². The highest BCUT2D eigenvalue weighted by Gasteiger charge is 2.29. The summed E-state index contributed by atoms with van der Waals surface area (Å²) in [6.45, 7) is 4.03. The number of hydrogen-bond acceptors (Lipinski definition) is 7. The van der Waals surface area contributed by atoms with Crippen LogP contribution in [0.1, 0.15) is 12.5 Å². The highest BCUT2D eigenvalue weighted by Crippen LogP contribution is 2.31. The lowest BCUT2D eigenvalue weighted by atomic mass is 10.2. The fraction of sp³-hybridized carbons (Fsp3) is 0.227. The van der Waals surface area contributed by atoms with Crippen molar-refractivity contribution in [3.63, 3.8) is 0 Å². The van der Waals surface area contributed by atoms with Crippen LogP contribution in [0.4, 0.5) is 0 Å². The summed E-state index contributed by atoms with van der Waals surface area (Å²) in [4.78, 5) is 32.3. The van der Waals surface area contributed by atoms with Crippen LogP contribution in [0, 0.1) is 0 Å². The first kappa shape index (κ1) is 22.1. The van der Waals surface area contributed by atoms with E-state index < -0.39 is 10.1 Å². The van der Waals surface area contributed by atoms with E-state index in [-0.39, 0.29) is 22.5 Å². The van der Waals surface area contributed by atoms with E-state index in [0.717, 1.165) is 5.56 Å². The predicted octanol–water partition coefficient (Wildman–Crippen LogP) is 2.59. The zero-order chi connectivity index (χ0) is 22.7. The minimum atomic E-state index is -3.91. The third-order valence-electron chi connectivity index (χ3n) is 5.02. The molecule has 0 atom stereocenters. The Morgan fingerprint density at radius 1 is 1.03 bits per heavy atom. The van der Waals surface area contributed by atoms with Gasteiger partial charge in [-0.25, -0.2) is 0 Å². The third kappa shape index (κ3) is 5.03. The second kappa shape index (κ2) is 9.17. The number of rotatable bonds is 4. The number of carbonyl (C=O) groups is 2. The summed E-state index contributed by atoms with van der Waals surface area (Å²) < 4.78 is 29.8. The van der Waals surface area contributed by atoms with E-state index in [0.29, 0.717) is 36.3 Å². The van der Waals surface area contributed by atoms with Crippen LogP contribution < -0.4 is 4.18 Å². The molecule has 4 rings (SSSR count). The van der Waals surface area contributed by atoms with Gasteiger partial charge in [0.25, 0.3) is 5.91 Å². The first-order valence-corrected chi connectivity index (χ1v) is 12.2. The number of carbonyl (C=O) groups excluding carboxylic acids is 2. The minimum Gasteiger partial charge on any atom is -0.379 e. The summed E-state index contributed by atoms with van der Waals surface area (Å²) in [5.74, 6) is -0.0843. The van der Waals surface area contributed by atoms with Gasteiger partial charge in [-0.05, 0) is 47.7 Å². The highest BCUT2D eigenvalue weighted by atomic mass is 32.2. The average Bonchev–Trinajstić information content (AvgIpc) is 3.16. The van der Waals surface area contributed by atoms with Crippen LogP contribution >= 0.6 is 11.8 Å². The van der Waals surface area contributed by atoms with E-state index in [4.69, 9.17) is 4.18 Å². The molecule has 2 aliphatic rings. The lowest BCUT2D eigenvalue weighted by Crippen LogP contribution is -2.49. The van der Waals surface area contributed by atoms with Crippen molar-refractivity contribution in [2.24, 2.45) is 4.99 Å². The van der Waals surface area contributed by atoms with Crippen LogP contribution in [0.5, 0.6) is 5.75 Å². The van der Waals surface area contributed by atoms with Gasteiger partial charge in [0, 0.05) is 33.1 Å². The minimum absolute atomic E-state index is 0.0475. The Morgan fingerprint density at radius 2 is 1.69 bits per heavy atom. The molecule has 0 radical (unpaired) electrons. The summed E-state index contributed by atoms with van der Waals surface area (Å²) in [6.07, 6.45) is 1.71. The van der Waals surface area contributed by atoms with E-state index in [2.05, 4.69) is 4.99 Å². The standard InChI is InChI=1S/C22H21N3O5S2/c1-16(26)24-11-13-25(14-12-24)22-23-21(27)20(31-22)15-17-7-9-18(10-8-17)30-32(28,29)19-5-3-2-4-6-19/h2-10,15H,11-14H2,1H3/b20-15+. The smallest absolute Gasteiger partial charge is 0.339 e. The lowest BCUT2D eigenvalue weighted by Gasteiger charge is -2.34. The second-order valence-electron chi connectivity index (χ2n) is 7.22. The number of aliphatic imine (C=N–C) groups is 1. The molecular weight excluding hydrogens is 450 g/mol. The van der Waals surface area contributed by atoms with E-state index in [1.807, 2.05) is 4.90 Å². The van der Waals surface area contributed by atoms with Crippen LogP contribution in [-0.4, -0.2) is 61.4 Å². The molecule has 32 heavy (non-hydrogen) atoms. The maximum atomic E-state index is 12.3. The van der Waals surface area contributed by atoms with Gasteiger partial charge in [-0.1, -0.05) is 30.3 Å². The van der Waals surface area contributed by atoms with E-state index in [1.54, 1.807) is 60.4 Å². The number of thioether (sulfide) groups is 1. The zero-order valence-corrected chi connectivity index (χ0v) is 18.9. The van der Waals surface area contributed by atoms with Crippen LogP contribution in [0.2, 0.25) is 0 Å². The molecule has 2 aromatic rings. The van der Waals surface area contributed by atoms with Crippen molar-refractivity contribution in [1.29, 1.82) is 0 Å². The van der Waals surface area contributed by atoms with E-state index >= 15 is 0 Å². The molecule has 1 saturated heterocycles. The van der Waals surface area contributed by atoms with Crippen molar-refractivity contribution in [2.75, 3.05) is 26.2 Å². The number of hydrogen-bond donors (Lipinski definition) is 0. The summed E-state index contributed by atoms with van der Waals surface area (Å²) in [5, 5.41) is 0.637. The Labute approximate surface area is 190 Å². The Kier molecular flexibility index (Phi) is 6.33. The van der Waals surface area contributed by atoms with Crippen molar-refractivity contribution in [3.8, 4) is 5.75 Å². The summed E-state index contributed by atoms with van der Waals surface area (Å²) in [6, 6.07) is 14.4. The topological polar surface area (TPSA) is 96.3 Å². The molecule has 166 valence electrons. The molecule has 8 nitrogen and oxygen atoms in total. The van der Waals surface area contributed by atoms with Crippen LogP contribution in [0.25, 0.3) is 6.08 Å². The lowest BCUT2D eigenvalue weighted by molar-refractivity contribution is -0.130. The van der Waals surface area contributed by atoms with Crippen molar-refractivity contribution in [3.05, 3.63) is 65.1 Å². The highest BCUT2D eigenvalue weighted by molar-refractivity contribution is 8.18. The largest absolute Gasteiger partial charge is 0.379 e. The number of benzene rings is 2. The molecule has 0 unspecified atom stereocenters. The monoisotopic (exact) mass is 471 g/mol. The number of amides is 2. The fourth-order valence-electron chi connectivity index (χ4n) is 3.28. The van der Waals surface area contributed by atoms with Gasteiger partial charge < -0.3 is 14.0 Å². The summed E-state index contributed by atoms with van der Waals surface area (Å²) in [5.41, 5.74) is 0.725. The fourth-order valence-corrected chi connectivity index (χ4v) is 5.19. The first-order valence-electron chi connectivity index (χ1n) is 9.94. The summed E-state index contributed by atoms with van der Waals surface area (Å²) >= 11 is 1.30. The van der Waals surface area contributed by atoms with E-state index in [9.17, 15) is 18.0 Å². The number of nitrogens with zero attached hydrogens (tertiary/aromatic N) is 3. The van der Waals surface area contributed by atoms with Crippen molar-refractivity contribution < 1.29 is 22.2 Å². The van der Waals surface area contributed by atoms with Gasteiger partial charge in [0.15, 0.2) is 5.17 Å². The first-order chi connectivity index (χ1) is 15.3. The molecule has 2 aromatic carbocycles. The molecule has 2 aliphatic heterocycles.